The maximum absolute atomic E-state index is 4.52. The minimum Gasteiger partial charge on any atom is -0.327 e. The summed E-state index contributed by atoms with van der Waals surface area (Å²) in [5, 5.41) is 13.6. The number of anilines is 1. The molecule has 2 heterocycles. The van der Waals surface area contributed by atoms with Gasteiger partial charge in [0.05, 0.1) is 11.7 Å². The Bertz CT molecular complexity index is 1050. The number of nitrogens with zero attached hydrogens (tertiary/aromatic N) is 5. The standard InChI is InChI=1S/C18H16N6/c1-12-7-9-13(10-8-12)11-19-22-18-20-17-16(21-23-18)14-5-3-4-6-15(14)24(17)2/h3-11H,1-2H3,(H,20,22,23)/b19-11-. The van der Waals surface area contributed by atoms with Crippen molar-refractivity contribution in [3.63, 3.8) is 0 Å². The van der Waals surface area contributed by atoms with Crippen molar-refractivity contribution in [2.45, 2.75) is 6.92 Å². The molecule has 0 saturated carbocycles. The normalized spacial score (nSPS) is 11.6. The average molecular weight is 316 g/mol. The second kappa shape index (κ2) is 5.73. The Labute approximate surface area is 138 Å². The van der Waals surface area contributed by atoms with E-state index in [4.69, 9.17) is 0 Å². The Kier molecular flexibility index (Phi) is 3.42. The molecule has 0 bridgehead atoms. The topological polar surface area (TPSA) is 68.0 Å². The van der Waals surface area contributed by atoms with Crippen LogP contribution < -0.4 is 5.43 Å². The maximum atomic E-state index is 4.52. The third-order valence-electron chi connectivity index (χ3n) is 3.96. The Balaban J connectivity index is 1.64. The van der Waals surface area contributed by atoms with Crippen LogP contribution in [0.25, 0.3) is 22.1 Å². The number of aromatic nitrogens is 4. The zero-order chi connectivity index (χ0) is 16.5. The molecule has 0 saturated heterocycles. The van der Waals surface area contributed by atoms with Crippen molar-refractivity contribution in [3.8, 4) is 0 Å². The highest BCUT2D eigenvalue weighted by Crippen LogP contribution is 2.24. The second-order valence-electron chi connectivity index (χ2n) is 5.66. The number of hydrogen-bond donors (Lipinski definition) is 1. The van der Waals surface area contributed by atoms with Crippen LogP contribution in [0.3, 0.4) is 0 Å². The van der Waals surface area contributed by atoms with Crippen molar-refractivity contribution in [2.24, 2.45) is 12.1 Å². The summed E-state index contributed by atoms with van der Waals surface area (Å²) in [7, 11) is 1.97. The van der Waals surface area contributed by atoms with Crippen LogP contribution in [0.15, 0.2) is 53.6 Å². The SMILES string of the molecule is Cc1ccc(/C=N\Nc2nnc3c4ccccc4n(C)c3n2)cc1. The molecule has 4 aromatic rings. The largest absolute Gasteiger partial charge is 0.327 e. The van der Waals surface area contributed by atoms with Gasteiger partial charge in [0, 0.05) is 12.4 Å². The molecule has 118 valence electrons. The molecule has 0 unspecified atom stereocenters. The molecule has 2 aromatic heterocycles. The van der Waals surface area contributed by atoms with Crippen LogP contribution in [-0.4, -0.2) is 26.0 Å². The molecule has 6 nitrogen and oxygen atoms in total. The zero-order valence-electron chi connectivity index (χ0n) is 13.4. The van der Waals surface area contributed by atoms with Gasteiger partial charge in [0.25, 0.3) is 5.95 Å². The van der Waals surface area contributed by atoms with Gasteiger partial charge in [0.2, 0.25) is 0 Å². The van der Waals surface area contributed by atoms with Gasteiger partial charge in [-0.3, -0.25) is 0 Å². The Morgan fingerprint density at radius 2 is 1.83 bits per heavy atom. The molecule has 24 heavy (non-hydrogen) atoms. The van der Waals surface area contributed by atoms with Crippen LogP contribution in [0.4, 0.5) is 5.95 Å². The van der Waals surface area contributed by atoms with Crippen LogP contribution in [0, 0.1) is 6.92 Å². The first-order valence-corrected chi connectivity index (χ1v) is 7.66. The fourth-order valence-corrected chi connectivity index (χ4v) is 2.67. The fourth-order valence-electron chi connectivity index (χ4n) is 2.67. The predicted octanol–water partition coefficient (Wildman–Crippen LogP) is 3.27. The monoisotopic (exact) mass is 316 g/mol. The summed E-state index contributed by atoms with van der Waals surface area (Å²) >= 11 is 0. The molecular formula is C18H16N6. The number of rotatable bonds is 3. The third-order valence-corrected chi connectivity index (χ3v) is 3.96. The lowest BCUT2D eigenvalue weighted by atomic mass is 10.2. The van der Waals surface area contributed by atoms with E-state index in [1.807, 2.05) is 60.1 Å². The first-order chi connectivity index (χ1) is 11.7. The molecular weight excluding hydrogens is 300 g/mol. The molecule has 0 spiro atoms. The van der Waals surface area contributed by atoms with Gasteiger partial charge in [-0.15, -0.1) is 10.2 Å². The average Bonchev–Trinajstić information content (AvgIpc) is 2.90. The molecule has 1 N–H and O–H groups in total. The summed E-state index contributed by atoms with van der Waals surface area (Å²) in [5.74, 6) is 0.372. The number of hydrazone groups is 1. The number of fused-ring (bicyclic) bond motifs is 3. The van der Waals surface area contributed by atoms with E-state index in [-0.39, 0.29) is 0 Å². The molecule has 0 radical (unpaired) electrons. The smallest absolute Gasteiger partial charge is 0.265 e. The highest BCUT2D eigenvalue weighted by molar-refractivity contribution is 6.04. The molecule has 6 heteroatoms. The number of hydrogen-bond acceptors (Lipinski definition) is 5. The zero-order valence-corrected chi connectivity index (χ0v) is 13.4. The summed E-state index contributed by atoms with van der Waals surface area (Å²) in [6, 6.07) is 16.2. The molecule has 0 atom stereocenters. The molecule has 4 rings (SSSR count). The van der Waals surface area contributed by atoms with Crippen molar-refractivity contribution in [1.82, 2.24) is 19.7 Å². The van der Waals surface area contributed by atoms with Crippen molar-refractivity contribution in [1.29, 1.82) is 0 Å². The fraction of sp³-hybridized carbons (Fsp3) is 0.111. The Morgan fingerprint density at radius 1 is 1.04 bits per heavy atom. The van der Waals surface area contributed by atoms with Crippen molar-refractivity contribution < 1.29 is 0 Å². The molecule has 0 aliphatic heterocycles. The molecule has 2 aromatic carbocycles. The maximum Gasteiger partial charge on any atom is 0.265 e. The number of aryl methyl sites for hydroxylation is 2. The summed E-state index contributed by atoms with van der Waals surface area (Å²) in [6.45, 7) is 2.05. The third kappa shape index (κ3) is 2.48. The number of nitrogens with one attached hydrogen (secondary N) is 1. The quantitative estimate of drug-likeness (QED) is 0.465. The summed E-state index contributed by atoms with van der Waals surface area (Å²) in [6.07, 6.45) is 1.73. The van der Waals surface area contributed by atoms with E-state index >= 15 is 0 Å². The van der Waals surface area contributed by atoms with Crippen LogP contribution in [0.5, 0.6) is 0 Å². The minimum absolute atomic E-state index is 0.372. The lowest BCUT2D eigenvalue weighted by Gasteiger charge is -1.99. The van der Waals surface area contributed by atoms with Gasteiger partial charge >= 0.3 is 0 Å². The lowest BCUT2D eigenvalue weighted by molar-refractivity contribution is 0.949. The van der Waals surface area contributed by atoms with Crippen LogP contribution in [0.2, 0.25) is 0 Å². The van der Waals surface area contributed by atoms with E-state index in [1.165, 1.54) is 5.56 Å². The van der Waals surface area contributed by atoms with Crippen LogP contribution in [-0.2, 0) is 7.05 Å². The second-order valence-corrected chi connectivity index (χ2v) is 5.66. The van der Waals surface area contributed by atoms with Gasteiger partial charge in [-0.25, -0.2) is 5.43 Å². The van der Waals surface area contributed by atoms with E-state index in [0.29, 0.717) is 5.95 Å². The first kappa shape index (κ1) is 14.3. The summed E-state index contributed by atoms with van der Waals surface area (Å²) in [4.78, 5) is 4.52. The van der Waals surface area contributed by atoms with Gasteiger partial charge in [-0.1, -0.05) is 48.0 Å². The predicted molar refractivity (Wildman–Crippen MR) is 96.2 cm³/mol. The van der Waals surface area contributed by atoms with Gasteiger partial charge in [-0.05, 0) is 18.6 Å². The van der Waals surface area contributed by atoms with Crippen LogP contribution in [0.1, 0.15) is 11.1 Å². The minimum atomic E-state index is 0.372. The van der Waals surface area contributed by atoms with Gasteiger partial charge in [-0.2, -0.15) is 10.1 Å². The lowest BCUT2D eigenvalue weighted by Crippen LogP contribution is -2.00. The van der Waals surface area contributed by atoms with E-state index in [2.05, 4.69) is 32.6 Å². The Morgan fingerprint density at radius 3 is 2.67 bits per heavy atom. The van der Waals surface area contributed by atoms with Gasteiger partial charge in [0.15, 0.2) is 5.65 Å². The highest BCUT2D eigenvalue weighted by atomic mass is 15.4. The van der Waals surface area contributed by atoms with Crippen molar-refractivity contribution in [2.75, 3.05) is 5.43 Å². The highest BCUT2D eigenvalue weighted by Gasteiger charge is 2.11. The molecule has 0 aliphatic rings. The molecule has 0 aliphatic carbocycles. The number of para-hydroxylation sites is 1. The summed E-state index contributed by atoms with van der Waals surface area (Å²) in [5.41, 5.74) is 7.71. The van der Waals surface area contributed by atoms with Crippen molar-refractivity contribution >= 4 is 34.2 Å². The van der Waals surface area contributed by atoms with E-state index < -0.39 is 0 Å². The van der Waals surface area contributed by atoms with Crippen molar-refractivity contribution in [3.05, 3.63) is 59.7 Å². The van der Waals surface area contributed by atoms with Gasteiger partial charge in [0.1, 0.15) is 5.52 Å². The molecule has 0 fully saturated rings. The first-order valence-electron chi connectivity index (χ1n) is 7.66. The Hall–Kier alpha value is -3.28. The van der Waals surface area contributed by atoms with Crippen LogP contribution >= 0.6 is 0 Å². The summed E-state index contributed by atoms with van der Waals surface area (Å²) < 4.78 is 2.01. The number of benzene rings is 2. The van der Waals surface area contributed by atoms with Gasteiger partial charge < -0.3 is 4.57 Å². The van der Waals surface area contributed by atoms with E-state index in [1.54, 1.807) is 6.21 Å². The molecule has 0 amide bonds. The van der Waals surface area contributed by atoms with E-state index in [0.717, 1.165) is 27.6 Å². The van der Waals surface area contributed by atoms with E-state index in [9.17, 15) is 0 Å².